The summed E-state index contributed by atoms with van der Waals surface area (Å²) in [4.78, 5) is 15.9. The number of nitrogens with one attached hydrogen (secondary N) is 2. The first-order valence-electron chi connectivity index (χ1n) is 12.2. The molecule has 0 radical (unpaired) electrons. The fourth-order valence-corrected chi connectivity index (χ4v) is 4.37. The van der Waals surface area contributed by atoms with E-state index in [4.69, 9.17) is 4.74 Å². The van der Waals surface area contributed by atoms with Crippen LogP contribution in [-0.4, -0.2) is 21.1 Å². The first-order valence-corrected chi connectivity index (χ1v) is 12.2. The standard InChI is InChI=1S/C31H23N5O2/c1-20(37)33-23-13-16-28-27(19-23)29(17-18-32-28)38-24-14-11-22(12-15-24)34-31-26-10-6-5-9-25(26)30(35-36-31)21-7-3-2-4-8-21/h2-19H,1H3,(H,33,37)(H,34,36). The molecule has 0 saturated heterocycles. The highest BCUT2D eigenvalue weighted by molar-refractivity contribution is 6.01. The van der Waals surface area contributed by atoms with Gasteiger partial charge in [-0.2, -0.15) is 0 Å². The van der Waals surface area contributed by atoms with Crippen LogP contribution in [0, 0.1) is 0 Å². The molecule has 2 heterocycles. The number of carbonyl (C=O) groups excluding carboxylic acids is 1. The highest BCUT2D eigenvalue weighted by Crippen LogP contribution is 2.33. The quantitative estimate of drug-likeness (QED) is 0.250. The van der Waals surface area contributed by atoms with Crippen LogP contribution in [0.1, 0.15) is 6.92 Å². The lowest BCUT2D eigenvalue weighted by Crippen LogP contribution is -2.05. The van der Waals surface area contributed by atoms with Crippen LogP contribution in [-0.2, 0) is 4.79 Å². The van der Waals surface area contributed by atoms with E-state index in [0.717, 1.165) is 38.6 Å². The average molecular weight is 498 g/mol. The molecule has 2 N–H and O–H groups in total. The highest BCUT2D eigenvalue weighted by Gasteiger charge is 2.11. The maximum absolute atomic E-state index is 11.5. The average Bonchev–Trinajstić information content (AvgIpc) is 2.95. The van der Waals surface area contributed by atoms with Crippen LogP contribution < -0.4 is 15.4 Å². The van der Waals surface area contributed by atoms with Gasteiger partial charge in [0.15, 0.2) is 5.82 Å². The number of hydrogen-bond donors (Lipinski definition) is 2. The number of nitrogens with zero attached hydrogens (tertiary/aromatic N) is 3. The van der Waals surface area contributed by atoms with E-state index in [-0.39, 0.29) is 5.91 Å². The molecule has 184 valence electrons. The zero-order chi connectivity index (χ0) is 25.9. The normalized spacial score (nSPS) is 10.9. The van der Waals surface area contributed by atoms with Crippen molar-refractivity contribution in [2.24, 2.45) is 0 Å². The lowest BCUT2D eigenvalue weighted by molar-refractivity contribution is -0.114. The Hall–Kier alpha value is -5.30. The summed E-state index contributed by atoms with van der Waals surface area (Å²) >= 11 is 0. The van der Waals surface area contributed by atoms with Gasteiger partial charge >= 0.3 is 0 Å². The summed E-state index contributed by atoms with van der Waals surface area (Å²) in [5.74, 6) is 1.87. The summed E-state index contributed by atoms with van der Waals surface area (Å²) in [6.07, 6.45) is 1.70. The van der Waals surface area contributed by atoms with E-state index >= 15 is 0 Å². The van der Waals surface area contributed by atoms with Crippen molar-refractivity contribution in [3.05, 3.63) is 109 Å². The van der Waals surface area contributed by atoms with Gasteiger partial charge in [0.05, 0.1) is 5.52 Å². The number of benzene rings is 4. The van der Waals surface area contributed by atoms with E-state index in [1.165, 1.54) is 6.92 Å². The van der Waals surface area contributed by atoms with Gasteiger partial charge in [-0.25, -0.2) is 0 Å². The third kappa shape index (κ3) is 4.73. The van der Waals surface area contributed by atoms with Gasteiger partial charge in [0.25, 0.3) is 0 Å². The summed E-state index contributed by atoms with van der Waals surface area (Å²) in [7, 11) is 0. The molecular weight excluding hydrogens is 474 g/mol. The Labute approximate surface area is 219 Å². The summed E-state index contributed by atoms with van der Waals surface area (Å²) in [6, 6.07) is 33.2. The molecule has 0 aliphatic heterocycles. The van der Waals surface area contributed by atoms with Crippen molar-refractivity contribution >= 4 is 44.8 Å². The molecule has 6 rings (SSSR count). The van der Waals surface area contributed by atoms with Gasteiger partial charge in [-0.1, -0.05) is 54.6 Å². The number of ether oxygens (including phenoxy) is 1. The first-order chi connectivity index (χ1) is 18.6. The second kappa shape index (κ2) is 9.99. The Morgan fingerprint density at radius 3 is 2.26 bits per heavy atom. The molecule has 0 aliphatic carbocycles. The fourth-order valence-electron chi connectivity index (χ4n) is 4.37. The van der Waals surface area contributed by atoms with Gasteiger partial charge in [0, 0.05) is 46.2 Å². The highest BCUT2D eigenvalue weighted by atomic mass is 16.5. The zero-order valence-corrected chi connectivity index (χ0v) is 20.6. The molecule has 0 atom stereocenters. The van der Waals surface area contributed by atoms with Crippen LogP contribution in [0.15, 0.2) is 109 Å². The minimum Gasteiger partial charge on any atom is -0.457 e. The lowest BCUT2D eigenvalue weighted by atomic mass is 10.0. The van der Waals surface area contributed by atoms with Crippen LogP contribution in [0.4, 0.5) is 17.2 Å². The number of rotatable bonds is 6. The number of aromatic nitrogens is 3. The molecule has 0 unspecified atom stereocenters. The Morgan fingerprint density at radius 1 is 0.737 bits per heavy atom. The predicted octanol–water partition coefficient (Wildman–Crippen LogP) is 7.34. The van der Waals surface area contributed by atoms with E-state index in [9.17, 15) is 4.79 Å². The first kappa shape index (κ1) is 23.1. The summed E-state index contributed by atoms with van der Waals surface area (Å²) in [5.41, 5.74) is 4.20. The van der Waals surface area contributed by atoms with Crippen LogP contribution in [0.5, 0.6) is 11.5 Å². The van der Waals surface area contributed by atoms with Gasteiger partial charge in [-0.3, -0.25) is 9.78 Å². The number of anilines is 3. The maximum atomic E-state index is 11.5. The number of carbonyl (C=O) groups is 1. The van der Waals surface area contributed by atoms with Crippen LogP contribution >= 0.6 is 0 Å². The van der Waals surface area contributed by atoms with E-state index in [1.807, 2.05) is 97.1 Å². The molecule has 6 aromatic rings. The van der Waals surface area contributed by atoms with E-state index in [1.54, 1.807) is 6.20 Å². The van der Waals surface area contributed by atoms with Crippen LogP contribution in [0.25, 0.3) is 32.9 Å². The van der Waals surface area contributed by atoms with E-state index in [0.29, 0.717) is 23.0 Å². The van der Waals surface area contributed by atoms with Gasteiger partial charge < -0.3 is 15.4 Å². The SMILES string of the molecule is CC(=O)Nc1ccc2nccc(Oc3ccc(Nc4nnc(-c5ccccc5)c5ccccc45)cc3)c2c1. The largest absolute Gasteiger partial charge is 0.457 e. The lowest BCUT2D eigenvalue weighted by Gasteiger charge is -2.13. The topological polar surface area (TPSA) is 89.0 Å². The summed E-state index contributed by atoms with van der Waals surface area (Å²) < 4.78 is 6.18. The molecule has 0 spiro atoms. The minimum atomic E-state index is -0.133. The molecule has 4 aromatic carbocycles. The third-order valence-electron chi connectivity index (χ3n) is 6.10. The van der Waals surface area contributed by atoms with Crippen molar-refractivity contribution < 1.29 is 9.53 Å². The second-order valence-corrected chi connectivity index (χ2v) is 8.78. The third-order valence-corrected chi connectivity index (χ3v) is 6.10. The molecule has 0 saturated carbocycles. The van der Waals surface area contributed by atoms with Crippen molar-refractivity contribution in [1.82, 2.24) is 15.2 Å². The molecule has 7 heteroatoms. The fraction of sp³-hybridized carbons (Fsp3) is 0.0323. The molecule has 0 fully saturated rings. The minimum absolute atomic E-state index is 0.133. The second-order valence-electron chi connectivity index (χ2n) is 8.78. The molecular formula is C31H23N5O2. The van der Waals surface area contributed by atoms with Gasteiger partial charge in [0.2, 0.25) is 5.91 Å². The smallest absolute Gasteiger partial charge is 0.221 e. The molecule has 38 heavy (non-hydrogen) atoms. The van der Waals surface area contributed by atoms with E-state index < -0.39 is 0 Å². The Kier molecular flexibility index (Phi) is 6.08. The van der Waals surface area contributed by atoms with E-state index in [2.05, 4.69) is 31.9 Å². The summed E-state index contributed by atoms with van der Waals surface area (Å²) in [6.45, 7) is 1.48. The monoisotopic (exact) mass is 497 g/mol. The van der Waals surface area contributed by atoms with Crippen molar-refractivity contribution in [1.29, 1.82) is 0 Å². The molecule has 7 nitrogen and oxygen atoms in total. The summed E-state index contributed by atoms with van der Waals surface area (Å²) in [5, 5.41) is 18.0. The molecule has 2 aromatic heterocycles. The van der Waals surface area contributed by atoms with Gasteiger partial charge in [-0.05, 0) is 48.5 Å². The molecule has 1 amide bonds. The van der Waals surface area contributed by atoms with Gasteiger partial charge in [0.1, 0.15) is 17.2 Å². The molecule has 0 aliphatic rings. The Morgan fingerprint density at radius 2 is 1.47 bits per heavy atom. The number of amides is 1. The van der Waals surface area contributed by atoms with Gasteiger partial charge in [-0.15, -0.1) is 10.2 Å². The number of fused-ring (bicyclic) bond motifs is 2. The van der Waals surface area contributed by atoms with Crippen molar-refractivity contribution in [3.8, 4) is 22.8 Å². The van der Waals surface area contributed by atoms with Crippen molar-refractivity contribution in [2.75, 3.05) is 10.6 Å². The molecule has 0 bridgehead atoms. The maximum Gasteiger partial charge on any atom is 0.221 e. The predicted molar refractivity (Wildman–Crippen MR) is 151 cm³/mol. The van der Waals surface area contributed by atoms with Crippen LogP contribution in [0.2, 0.25) is 0 Å². The number of pyridine rings is 1. The Balaban J connectivity index is 1.26. The van der Waals surface area contributed by atoms with Crippen molar-refractivity contribution in [3.63, 3.8) is 0 Å². The Bertz CT molecular complexity index is 1770. The number of hydrogen-bond acceptors (Lipinski definition) is 6. The van der Waals surface area contributed by atoms with Crippen LogP contribution in [0.3, 0.4) is 0 Å². The van der Waals surface area contributed by atoms with Crippen molar-refractivity contribution in [2.45, 2.75) is 6.92 Å². The zero-order valence-electron chi connectivity index (χ0n) is 20.6.